The zero-order valence-corrected chi connectivity index (χ0v) is 19.6. The summed E-state index contributed by atoms with van der Waals surface area (Å²) in [5.74, 6) is 1.14. The Kier molecular flexibility index (Phi) is 6.65. The van der Waals surface area contributed by atoms with E-state index in [2.05, 4.69) is 26.0 Å². The van der Waals surface area contributed by atoms with E-state index >= 15 is 0 Å². The quantitative estimate of drug-likeness (QED) is 0.340. The van der Waals surface area contributed by atoms with Gasteiger partial charge in [0.15, 0.2) is 5.78 Å². The summed E-state index contributed by atoms with van der Waals surface area (Å²) >= 11 is 3.35. The van der Waals surface area contributed by atoms with E-state index in [-0.39, 0.29) is 12.3 Å². The lowest BCUT2D eigenvalue weighted by molar-refractivity contribution is 0.0965. The molecule has 0 fully saturated rings. The van der Waals surface area contributed by atoms with Crippen LogP contribution in [0.4, 0.5) is 0 Å². The highest BCUT2D eigenvalue weighted by molar-refractivity contribution is 9.10. The monoisotopic (exact) mass is 505 g/mol. The number of halogens is 1. The summed E-state index contributed by atoms with van der Waals surface area (Å²) in [6.07, 6.45) is 0. The van der Waals surface area contributed by atoms with Crippen molar-refractivity contribution in [2.24, 2.45) is 0 Å². The summed E-state index contributed by atoms with van der Waals surface area (Å²) < 4.78 is 12.4. The summed E-state index contributed by atoms with van der Waals surface area (Å²) in [5.41, 5.74) is 2.21. The number of benzene rings is 3. The number of carbonyl (C=O) groups is 1. The van der Waals surface area contributed by atoms with Crippen LogP contribution in [0.3, 0.4) is 0 Å². The molecule has 0 unspecified atom stereocenters. The molecule has 0 spiro atoms. The van der Waals surface area contributed by atoms with Crippen molar-refractivity contribution < 1.29 is 14.3 Å². The first-order valence-electron chi connectivity index (χ1n) is 10.1. The van der Waals surface area contributed by atoms with Crippen LogP contribution in [0, 0.1) is 0 Å². The molecule has 0 aliphatic rings. The molecule has 0 saturated heterocycles. The average molecular weight is 506 g/mol. The van der Waals surface area contributed by atoms with Gasteiger partial charge in [0.05, 0.1) is 14.2 Å². The SMILES string of the molecule is COc1ccc(-c2nc(=O)n(CC(=O)c3ccc(Br)cc3)nc2-c2ccc(OC)cc2)cc1. The third kappa shape index (κ3) is 5.01. The molecule has 0 amide bonds. The standard InChI is InChI=1S/C25H20BrN3O4/c1-32-20-11-5-17(6-12-20)23-24(18-7-13-21(33-2)14-8-18)28-29(25(31)27-23)15-22(30)16-3-9-19(26)10-4-16/h3-14H,15H2,1-2H3. The lowest BCUT2D eigenvalue weighted by Gasteiger charge is -2.12. The van der Waals surface area contributed by atoms with Crippen molar-refractivity contribution in [2.75, 3.05) is 14.2 Å². The van der Waals surface area contributed by atoms with Crippen molar-refractivity contribution in [1.29, 1.82) is 0 Å². The molecular weight excluding hydrogens is 486 g/mol. The minimum Gasteiger partial charge on any atom is -0.497 e. The van der Waals surface area contributed by atoms with E-state index in [0.717, 1.165) is 14.7 Å². The predicted molar refractivity (Wildman–Crippen MR) is 129 cm³/mol. The third-order valence-corrected chi connectivity index (χ3v) is 5.59. The van der Waals surface area contributed by atoms with Gasteiger partial charge in [0.2, 0.25) is 0 Å². The Morgan fingerprint density at radius 2 is 1.33 bits per heavy atom. The maximum Gasteiger partial charge on any atom is 0.365 e. The van der Waals surface area contributed by atoms with Crippen LogP contribution in [0.2, 0.25) is 0 Å². The lowest BCUT2D eigenvalue weighted by atomic mass is 10.0. The number of carbonyl (C=O) groups excluding carboxylic acids is 1. The van der Waals surface area contributed by atoms with Gasteiger partial charge >= 0.3 is 5.69 Å². The fourth-order valence-electron chi connectivity index (χ4n) is 3.28. The number of nitrogens with zero attached hydrogens (tertiary/aromatic N) is 3. The summed E-state index contributed by atoms with van der Waals surface area (Å²) in [6.45, 7) is -0.223. The Balaban J connectivity index is 1.79. The van der Waals surface area contributed by atoms with Gasteiger partial charge in [-0.05, 0) is 60.7 Å². The molecule has 3 aromatic carbocycles. The van der Waals surface area contributed by atoms with Gasteiger partial charge < -0.3 is 9.47 Å². The highest BCUT2D eigenvalue weighted by atomic mass is 79.9. The van der Waals surface area contributed by atoms with Crippen LogP contribution in [0.1, 0.15) is 10.4 Å². The van der Waals surface area contributed by atoms with E-state index in [1.807, 2.05) is 24.3 Å². The number of aromatic nitrogens is 3. The zero-order valence-electron chi connectivity index (χ0n) is 18.0. The molecule has 33 heavy (non-hydrogen) atoms. The normalized spacial score (nSPS) is 10.6. The van der Waals surface area contributed by atoms with Crippen LogP contribution in [0.15, 0.2) is 82.1 Å². The Morgan fingerprint density at radius 3 is 1.85 bits per heavy atom. The molecule has 1 heterocycles. The Labute approximate surface area is 198 Å². The molecular formula is C25H20BrN3O4. The molecule has 4 rings (SSSR count). The Morgan fingerprint density at radius 1 is 0.818 bits per heavy atom. The van der Waals surface area contributed by atoms with Gasteiger partial charge in [0.25, 0.3) is 0 Å². The smallest absolute Gasteiger partial charge is 0.365 e. The van der Waals surface area contributed by atoms with Crippen LogP contribution in [0.25, 0.3) is 22.5 Å². The van der Waals surface area contributed by atoms with Crippen LogP contribution in [-0.2, 0) is 6.54 Å². The molecule has 8 heteroatoms. The number of ether oxygens (including phenoxy) is 2. The minimum absolute atomic E-state index is 0.223. The maximum absolute atomic E-state index is 12.8. The highest BCUT2D eigenvalue weighted by Gasteiger charge is 2.17. The lowest BCUT2D eigenvalue weighted by Crippen LogP contribution is -2.30. The molecule has 1 aromatic heterocycles. The molecule has 0 bridgehead atoms. The minimum atomic E-state index is -0.608. The van der Waals surface area contributed by atoms with E-state index in [1.165, 1.54) is 0 Å². The van der Waals surface area contributed by atoms with Gasteiger partial charge in [-0.25, -0.2) is 9.48 Å². The number of hydrogen-bond acceptors (Lipinski definition) is 6. The van der Waals surface area contributed by atoms with Gasteiger partial charge in [-0.2, -0.15) is 10.1 Å². The number of rotatable bonds is 7. The molecule has 166 valence electrons. The number of hydrogen-bond donors (Lipinski definition) is 0. The Hall–Kier alpha value is -3.78. The second kappa shape index (κ2) is 9.79. The molecule has 0 aliphatic carbocycles. The average Bonchev–Trinajstić information content (AvgIpc) is 2.85. The van der Waals surface area contributed by atoms with Crippen molar-refractivity contribution in [3.8, 4) is 34.0 Å². The highest BCUT2D eigenvalue weighted by Crippen LogP contribution is 2.30. The van der Waals surface area contributed by atoms with Crippen LogP contribution in [0.5, 0.6) is 11.5 Å². The second-order valence-electron chi connectivity index (χ2n) is 7.14. The summed E-state index contributed by atoms with van der Waals surface area (Å²) in [5, 5.41) is 4.54. The fourth-order valence-corrected chi connectivity index (χ4v) is 3.54. The summed E-state index contributed by atoms with van der Waals surface area (Å²) in [6, 6.07) is 21.4. The molecule has 0 atom stereocenters. The molecule has 7 nitrogen and oxygen atoms in total. The largest absolute Gasteiger partial charge is 0.497 e. The molecule has 0 aliphatic heterocycles. The number of ketones is 1. The van der Waals surface area contributed by atoms with Gasteiger partial charge in [-0.15, -0.1) is 0 Å². The maximum atomic E-state index is 12.8. The second-order valence-corrected chi connectivity index (χ2v) is 8.05. The molecule has 4 aromatic rings. The van der Waals surface area contributed by atoms with Crippen LogP contribution >= 0.6 is 15.9 Å². The topological polar surface area (TPSA) is 83.3 Å². The molecule has 0 radical (unpaired) electrons. The Bertz CT molecular complexity index is 1330. The van der Waals surface area contributed by atoms with Crippen molar-refractivity contribution >= 4 is 21.7 Å². The van der Waals surface area contributed by atoms with Gasteiger partial charge in [-0.1, -0.05) is 28.1 Å². The van der Waals surface area contributed by atoms with Crippen molar-refractivity contribution in [2.45, 2.75) is 6.54 Å². The molecule has 0 saturated carbocycles. The number of Topliss-reactive ketones (excluding diaryl/α,β-unsaturated/α-hetero) is 1. The van der Waals surface area contributed by atoms with E-state index in [9.17, 15) is 9.59 Å². The van der Waals surface area contributed by atoms with Gasteiger partial charge in [-0.3, -0.25) is 4.79 Å². The zero-order chi connectivity index (χ0) is 23.4. The van der Waals surface area contributed by atoms with Crippen molar-refractivity contribution in [1.82, 2.24) is 14.8 Å². The van der Waals surface area contributed by atoms with E-state index in [0.29, 0.717) is 34.0 Å². The third-order valence-electron chi connectivity index (χ3n) is 5.06. The predicted octanol–water partition coefficient (Wildman–Crippen LogP) is 4.63. The van der Waals surface area contributed by atoms with E-state index in [1.54, 1.807) is 62.8 Å². The van der Waals surface area contributed by atoms with Gasteiger partial charge in [0, 0.05) is 21.2 Å². The van der Waals surface area contributed by atoms with Gasteiger partial charge in [0.1, 0.15) is 29.4 Å². The van der Waals surface area contributed by atoms with E-state index in [4.69, 9.17) is 9.47 Å². The first-order valence-corrected chi connectivity index (χ1v) is 10.8. The molecule has 0 N–H and O–H groups in total. The van der Waals surface area contributed by atoms with Crippen molar-refractivity contribution in [3.05, 3.63) is 93.3 Å². The van der Waals surface area contributed by atoms with Crippen molar-refractivity contribution in [3.63, 3.8) is 0 Å². The van der Waals surface area contributed by atoms with Crippen LogP contribution in [-0.4, -0.2) is 34.8 Å². The first-order chi connectivity index (χ1) is 16.0. The first kappa shape index (κ1) is 22.4. The van der Waals surface area contributed by atoms with E-state index < -0.39 is 5.69 Å². The fraction of sp³-hybridized carbons (Fsp3) is 0.120. The number of methoxy groups -OCH3 is 2. The van der Waals surface area contributed by atoms with Crippen LogP contribution < -0.4 is 15.2 Å². The summed E-state index contributed by atoms with van der Waals surface area (Å²) in [4.78, 5) is 29.9. The summed E-state index contributed by atoms with van der Waals surface area (Å²) in [7, 11) is 3.17.